The monoisotopic (exact) mass is 291 g/mol. The highest BCUT2D eigenvalue weighted by Crippen LogP contribution is 2.20. The zero-order chi connectivity index (χ0) is 14.2. The highest BCUT2D eigenvalue weighted by atomic mass is 35.5. The molecule has 1 fully saturated rings. The number of nitrogens with zero attached hydrogens (tertiary/aromatic N) is 3. The van der Waals surface area contributed by atoms with Gasteiger partial charge in [0.1, 0.15) is 0 Å². The van der Waals surface area contributed by atoms with Gasteiger partial charge in [0.25, 0.3) is 0 Å². The first-order valence-corrected chi connectivity index (χ1v) is 7.77. The van der Waals surface area contributed by atoms with Crippen LogP contribution < -0.4 is 4.90 Å². The average Bonchev–Trinajstić information content (AvgIpc) is 2.48. The van der Waals surface area contributed by atoms with E-state index in [0.29, 0.717) is 6.42 Å². The summed E-state index contributed by atoms with van der Waals surface area (Å²) in [6, 6.07) is 10.3. The molecule has 108 valence electrons. The van der Waals surface area contributed by atoms with E-state index in [1.54, 1.807) is 0 Å². The molecule has 1 saturated heterocycles. The van der Waals surface area contributed by atoms with Crippen molar-refractivity contribution in [3.8, 4) is 6.07 Å². The maximum Gasteiger partial charge on any atom is 0.0621 e. The number of hydrogen-bond acceptors (Lipinski definition) is 3. The summed E-state index contributed by atoms with van der Waals surface area (Å²) in [7, 11) is 0. The fraction of sp³-hybridized carbons (Fsp3) is 0.562. The second-order valence-corrected chi connectivity index (χ2v) is 5.71. The molecule has 1 aliphatic rings. The number of hydrogen-bond donors (Lipinski definition) is 0. The van der Waals surface area contributed by atoms with Crippen molar-refractivity contribution < 1.29 is 0 Å². The first-order valence-electron chi connectivity index (χ1n) is 7.39. The Morgan fingerprint density at radius 3 is 2.60 bits per heavy atom. The van der Waals surface area contributed by atoms with Gasteiger partial charge in [-0.1, -0.05) is 24.1 Å². The summed E-state index contributed by atoms with van der Waals surface area (Å²) in [5, 5.41) is 9.30. The standard InChI is InChI=1S/C16H22ClN3/c17-15-6-5-7-16(14-15)20-12-10-19(11-13-20)9-4-2-1-3-8-18/h5-7,14H,1-4,9-13H2. The number of unbranched alkanes of at least 4 members (excludes halogenated alkanes) is 3. The van der Waals surface area contributed by atoms with E-state index in [4.69, 9.17) is 16.9 Å². The third-order valence-electron chi connectivity index (χ3n) is 3.81. The zero-order valence-corrected chi connectivity index (χ0v) is 12.6. The molecule has 0 aliphatic carbocycles. The Hall–Kier alpha value is -1.24. The second-order valence-electron chi connectivity index (χ2n) is 5.28. The number of rotatable bonds is 6. The summed E-state index contributed by atoms with van der Waals surface area (Å²) in [5.41, 5.74) is 1.23. The van der Waals surface area contributed by atoms with Crippen molar-refractivity contribution in [1.82, 2.24) is 4.90 Å². The Morgan fingerprint density at radius 2 is 1.90 bits per heavy atom. The van der Waals surface area contributed by atoms with Gasteiger partial charge in [0, 0.05) is 43.3 Å². The van der Waals surface area contributed by atoms with Crippen LogP contribution in [0.15, 0.2) is 24.3 Å². The van der Waals surface area contributed by atoms with Gasteiger partial charge < -0.3 is 4.90 Å². The lowest BCUT2D eigenvalue weighted by Crippen LogP contribution is -2.46. The molecule has 2 rings (SSSR count). The molecule has 0 aromatic heterocycles. The van der Waals surface area contributed by atoms with Crippen LogP contribution in [0.4, 0.5) is 5.69 Å². The highest BCUT2D eigenvalue weighted by Gasteiger charge is 2.16. The quantitative estimate of drug-likeness (QED) is 0.751. The van der Waals surface area contributed by atoms with Gasteiger partial charge in [-0.15, -0.1) is 0 Å². The van der Waals surface area contributed by atoms with Gasteiger partial charge >= 0.3 is 0 Å². The van der Waals surface area contributed by atoms with Crippen LogP contribution in [-0.4, -0.2) is 37.6 Å². The van der Waals surface area contributed by atoms with Crippen molar-refractivity contribution in [3.05, 3.63) is 29.3 Å². The highest BCUT2D eigenvalue weighted by molar-refractivity contribution is 6.30. The fourth-order valence-corrected chi connectivity index (χ4v) is 2.80. The minimum absolute atomic E-state index is 0.697. The Bertz CT molecular complexity index is 447. The maximum atomic E-state index is 8.50. The molecular formula is C16H22ClN3. The maximum absolute atomic E-state index is 8.50. The number of anilines is 1. The zero-order valence-electron chi connectivity index (χ0n) is 11.9. The summed E-state index contributed by atoms with van der Waals surface area (Å²) in [6.45, 7) is 5.53. The number of nitriles is 1. The number of piperazine rings is 1. The van der Waals surface area contributed by atoms with Crippen molar-refractivity contribution in [2.75, 3.05) is 37.6 Å². The molecule has 1 aliphatic heterocycles. The minimum atomic E-state index is 0.697. The number of halogens is 1. The van der Waals surface area contributed by atoms with Gasteiger partial charge in [-0.05, 0) is 37.6 Å². The predicted octanol–water partition coefficient (Wildman–Crippen LogP) is 3.55. The van der Waals surface area contributed by atoms with Crippen LogP contribution in [0.25, 0.3) is 0 Å². The summed E-state index contributed by atoms with van der Waals surface area (Å²) >= 11 is 6.04. The van der Waals surface area contributed by atoms with Crippen LogP contribution in [0.3, 0.4) is 0 Å². The first kappa shape index (κ1) is 15.2. The molecule has 0 radical (unpaired) electrons. The summed E-state index contributed by atoms with van der Waals surface area (Å²) in [4.78, 5) is 4.92. The van der Waals surface area contributed by atoms with Gasteiger partial charge in [-0.2, -0.15) is 5.26 Å². The molecule has 0 spiro atoms. The van der Waals surface area contributed by atoms with Crippen LogP contribution >= 0.6 is 11.6 Å². The lowest BCUT2D eigenvalue weighted by molar-refractivity contribution is 0.252. The van der Waals surface area contributed by atoms with Crippen molar-refractivity contribution in [2.24, 2.45) is 0 Å². The molecular weight excluding hydrogens is 270 g/mol. The molecule has 1 aromatic carbocycles. The second kappa shape index (κ2) is 8.14. The molecule has 0 amide bonds. The van der Waals surface area contributed by atoms with Crippen molar-refractivity contribution in [2.45, 2.75) is 25.7 Å². The van der Waals surface area contributed by atoms with E-state index in [9.17, 15) is 0 Å². The topological polar surface area (TPSA) is 30.3 Å². The summed E-state index contributed by atoms with van der Waals surface area (Å²) < 4.78 is 0. The molecule has 0 N–H and O–H groups in total. The molecule has 20 heavy (non-hydrogen) atoms. The van der Waals surface area contributed by atoms with Gasteiger partial charge in [0.05, 0.1) is 6.07 Å². The van der Waals surface area contributed by atoms with Crippen molar-refractivity contribution in [1.29, 1.82) is 5.26 Å². The van der Waals surface area contributed by atoms with Crippen LogP contribution in [0.2, 0.25) is 5.02 Å². The molecule has 3 nitrogen and oxygen atoms in total. The molecule has 0 atom stereocenters. The van der Waals surface area contributed by atoms with E-state index in [1.165, 1.54) is 18.5 Å². The fourth-order valence-electron chi connectivity index (χ4n) is 2.62. The van der Waals surface area contributed by atoms with Crippen molar-refractivity contribution >= 4 is 17.3 Å². The van der Waals surface area contributed by atoms with Gasteiger partial charge in [0.15, 0.2) is 0 Å². The van der Waals surface area contributed by atoms with E-state index < -0.39 is 0 Å². The summed E-state index contributed by atoms with van der Waals surface area (Å²) in [6.07, 6.45) is 4.11. The van der Waals surface area contributed by atoms with Crippen LogP contribution in [-0.2, 0) is 0 Å². The van der Waals surface area contributed by atoms with Gasteiger partial charge in [0.2, 0.25) is 0 Å². The Balaban J connectivity index is 1.69. The van der Waals surface area contributed by atoms with Crippen LogP contribution in [0, 0.1) is 11.3 Å². The molecule has 4 heteroatoms. The SMILES string of the molecule is N#CCCCCCN1CCN(c2cccc(Cl)c2)CC1. The lowest BCUT2D eigenvalue weighted by atomic mass is 10.2. The van der Waals surface area contributed by atoms with E-state index in [-0.39, 0.29) is 0 Å². The van der Waals surface area contributed by atoms with E-state index >= 15 is 0 Å². The van der Waals surface area contributed by atoms with Crippen molar-refractivity contribution in [3.63, 3.8) is 0 Å². The molecule has 0 unspecified atom stereocenters. The predicted molar refractivity (Wildman–Crippen MR) is 84.2 cm³/mol. The number of benzene rings is 1. The Kier molecular flexibility index (Phi) is 6.17. The van der Waals surface area contributed by atoms with Crippen LogP contribution in [0.5, 0.6) is 0 Å². The molecule has 1 heterocycles. The largest absolute Gasteiger partial charge is 0.369 e. The smallest absolute Gasteiger partial charge is 0.0621 e. The third kappa shape index (κ3) is 4.70. The lowest BCUT2D eigenvalue weighted by Gasteiger charge is -2.36. The first-order chi connectivity index (χ1) is 9.79. The van der Waals surface area contributed by atoms with E-state index in [2.05, 4.69) is 21.9 Å². The van der Waals surface area contributed by atoms with Gasteiger partial charge in [-0.3, -0.25) is 4.90 Å². The molecule has 1 aromatic rings. The Morgan fingerprint density at radius 1 is 1.10 bits per heavy atom. The molecule has 0 saturated carbocycles. The third-order valence-corrected chi connectivity index (χ3v) is 4.04. The van der Waals surface area contributed by atoms with E-state index in [0.717, 1.165) is 44.2 Å². The van der Waals surface area contributed by atoms with Crippen LogP contribution in [0.1, 0.15) is 25.7 Å². The van der Waals surface area contributed by atoms with Gasteiger partial charge in [-0.25, -0.2) is 0 Å². The summed E-state index contributed by atoms with van der Waals surface area (Å²) in [5.74, 6) is 0. The normalized spacial score (nSPS) is 16.1. The van der Waals surface area contributed by atoms with E-state index in [1.807, 2.05) is 18.2 Å². The Labute approximate surface area is 126 Å². The molecule has 0 bridgehead atoms. The minimum Gasteiger partial charge on any atom is -0.369 e. The average molecular weight is 292 g/mol.